The number of rotatable bonds is 6. The molecule has 0 aromatic rings. The molecule has 0 radical (unpaired) electrons. The predicted octanol–water partition coefficient (Wildman–Crippen LogP) is 1.21. The summed E-state index contributed by atoms with van der Waals surface area (Å²) >= 11 is 0. The van der Waals surface area contributed by atoms with Gasteiger partial charge >= 0.3 is 0 Å². The lowest BCUT2D eigenvalue weighted by atomic mass is 9.99. The van der Waals surface area contributed by atoms with Gasteiger partial charge in [0.15, 0.2) is 0 Å². The molecule has 1 aliphatic heterocycles. The maximum atomic E-state index is 11.6. The molecule has 1 atom stereocenters. The second-order valence-corrected chi connectivity index (χ2v) is 5.94. The van der Waals surface area contributed by atoms with Gasteiger partial charge in [0, 0.05) is 6.54 Å². The number of amides is 1. The maximum absolute atomic E-state index is 11.6. The van der Waals surface area contributed by atoms with E-state index in [0.717, 1.165) is 25.4 Å². The van der Waals surface area contributed by atoms with E-state index in [0.29, 0.717) is 0 Å². The maximum Gasteiger partial charge on any atom is 0.237 e. The van der Waals surface area contributed by atoms with Crippen molar-refractivity contribution >= 4 is 5.91 Å². The molecule has 0 aromatic carbocycles. The summed E-state index contributed by atoms with van der Waals surface area (Å²) in [4.78, 5) is 14.1. The molecule has 3 N–H and O–H groups in total. The van der Waals surface area contributed by atoms with Gasteiger partial charge in [-0.15, -0.1) is 0 Å². The van der Waals surface area contributed by atoms with Gasteiger partial charge in [-0.3, -0.25) is 4.79 Å². The van der Waals surface area contributed by atoms with Gasteiger partial charge in [0.1, 0.15) is 0 Å². The molecule has 0 spiro atoms. The molecule has 0 saturated carbocycles. The summed E-state index contributed by atoms with van der Waals surface area (Å²) < 4.78 is 0. The lowest BCUT2D eigenvalue weighted by molar-refractivity contribution is -0.123. The molecule has 1 saturated heterocycles. The second-order valence-electron chi connectivity index (χ2n) is 5.94. The lowest BCUT2D eigenvalue weighted by Crippen LogP contribution is -2.44. The lowest BCUT2D eigenvalue weighted by Gasteiger charge is -2.30. The molecule has 1 heterocycles. The Balaban J connectivity index is 2.06. The molecule has 4 nitrogen and oxygen atoms in total. The fraction of sp³-hybridized carbons (Fsp3) is 0.929. The Labute approximate surface area is 111 Å². The Morgan fingerprint density at radius 1 is 1.39 bits per heavy atom. The van der Waals surface area contributed by atoms with E-state index in [4.69, 9.17) is 5.73 Å². The zero-order chi connectivity index (χ0) is 13.5. The average molecular weight is 255 g/mol. The Bertz CT molecular complexity index is 247. The Morgan fingerprint density at radius 3 is 2.56 bits per heavy atom. The fourth-order valence-corrected chi connectivity index (χ4v) is 2.22. The summed E-state index contributed by atoms with van der Waals surface area (Å²) in [6, 6.07) is -0.374. The van der Waals surface area contributed by atoms with Crippen molar-refractivity contribution in [3.8, 4) is 0 Å². The summed E-state index contributed by atoms with van der Waals surface area (Å²) in [5, 5.41) is 2.92. The van der Waals surface area contributed by atoms with Crippen molar-refractivity contribution in [1.82, 2.24) is 10.2 Å². The van der Waals surface area contributed by atoms with Crippen LogP contribution in [-0.4, -0.2) is 43.0 Å². The highest BCUT2D eigenvalue weighted by Crippen LogP contribution is 2.15. The number of nitrogens with two attached hydrogens (primary N) is 1. The van der Waals surface area contributed by atoms with Gasteiger partial charge in [-0.2, -0.15) is 0 Å². The van der Waals surface area contributed by atoms with Crippen molar-refractivity contribution in [3.05, 3.63) is 0 Å². The van der Waals surface area contributed by atoms with Gasteiger partial charge in [-0.1, -0.05) is 20.8 Å². The van der Waals surface area contributed by atoms with Gasteiger partial charge in [0.25, 0.3) is 0 Å². The summed E-state index contributed by atoms with van der Waals surface area (Å²) in [7, 11) is 0. The molecule has 1 aliphatic rings. The predicted molar refractivity (Wildman–Crippen MR) is 75.3 cm³/mol. The minimum Gasteiger partial charge on any atom is -0.355 e. The second kappa shape index (κ2) is 7.74. The number of piperidine rings is 1. The first kappa shape index (κ1) is 15.4. The molecule has 1 fully saturated rings. The molecule has 0 unspecified atom stereocenters. The smallest absolute Gasteiger partial charge is 0.237 e. The van der Waals surface area contributed by atoms with E-state index < -0.39 is 0 Å². The Hall–Kier alpha value is -0.610. The molecule has 0 bridgehead atoms. The minimum absolute atomic E-state index is 0.0164. The van der Waals surface area contributed by atoms with Crippen LogP contribution in [0.4, 0.5) is 0 Å². The van der Waals surface area contributed by atoms with Crippen LogP contribution in [0, 0.1) is 11.8 Å². The summed E-state index contributed by atoms with van der Waals surface area (Å²) in [6.07, 6.45) is 3.64. The molecule has 0 aromatic heterocycles. The molecular weight excluding hydrogens is 226 g/mol. The van der Waals surface area contributed by atoms with Crippen molar-refractivity contribution in [2.45, 2.75) is 46.1 Å². The number of carbonyl (C=O) groups is 1. The third-order valence-electron chi connectivity index (χ3n) is 3.85. The topological polar surface area (TPSA) is 58.4 Å². The number of hydrogen-bond donors (Lipinski definition) is 2. The quantitative estimate of drug-likeness (QED) is 0.701. The largest absolute Gasteiger partial charge is 0.355 e. The normalized spacial score (nSPS) is 20.1. The van der Waals surface area contributed by atoms with Crippen molar-refractivity contribution in [2.75, 3.05) is 26.2 Å². The molecule has 1 amide bonds. The average Bonchev–Trinajstić information content (AvgIpc) is 2.35. The van der Waals surface area contributed by atoms with Gasteiger partial charge in [0.2, 0.25) is 5.91 Å². The fourth-order valence-electron chi connectivity index (χ4n) is 2.22. The van der Waals surface area contributed by atoms with Gasteiger partial charge < -0.3 is 16.0 Å². The van der Waals surface area contributed by atoms with Crippen LogP contribution < -0.4 is 11.1 Å². The van der Waals surface area contributed by atoms with Crippen molar-refractivity contribution in [3.63, 3.8) is 0 Å². The van der Waals surface area contributed by atoms with Crippen LogP contribution >= 0.6 is 0 Å². The van der Waals surface area contributed by atoms with Crippen molar-refractivity contribution in [2.24, 2.45) is 17.6 Å². The van der Waals surface area contributed by atoms with E-state index in [1.807, 2.05) is 13.8 Å². The molecule has 18 heavy (non-hydrogen) atoms. The Morgan fingerprint density at radius 2 is 2.00 bits per heavy atom. The monoisotopic (exact) mass is 255 g/mol. The highest BCUT2D eigenvalue weighted by Gasteiger charge is 2.17. The first-order valence-corrected chi connectivity index (χ1v) is 7.26. The highest BCUT2D eigenvalue weighted by molar-refractivity contribution is 5.81. The van der Waals surface area contributed by atoms with Crippen LogP contribution in [0.5, 0.6) is 0 Å². The number of carbonyl (C=O) groups excluding carboxylic acids is 1. The van der Waals surface area contributed by atoms with Gasteiger partial charge in [-0.05, 0) is 50.7 Å². The van der Waals surface area contributed by atoms with E-state index >= 15 is 0 Å². The van der Waals surface area contributed by atoms with Crippen LogP contribution in [0.1, 0.15) is 40.0 Å². The SMILES string of the molecule is CC1CCN(CCCNC(=O)[C@@H](N)C(C)C)CC1. The molecule has 0 aliphatic carbocycles. The first-order chi connectivity index (χ1) is 8.50. The summed E-state index contributed by atoms with van der Waals surface area (Å²) in [5.74, 6) is 1.07. The number of nitrogens with one attached hydrogen (secondary N) is 1. The number of likely N-dealkylation sites (tertiary alicyclic amines) is 1. The third kappa shape index (κ3) is 5.36. The van der Waals surface area contributed by atoms with E-state index in [9.17, 15) is 4.79 Å². The van der Waals surface area contributed by atoms with E-state index in [1.54, 1.807) is 0 Å². The van der Waals surface area contributed by atoms with Crippen LogP contribution in [0.25, 0.3) is 0 Å². The van der Waals surface area contributed by atoms with Crippen LogP contribution in [-0.2, 0) is 4.79 Å². The van der Waals surface area contributed by atoms with Crippen molar-refractivity contribution < 1.29 is 4.79 Å². The van der Waals surface area contributed by atoms with Crippen LogP contribution in [0.3, 0.4) is 0 Å². The van der Waals surface area contributed by atoms with Crippen LogP contribution in [0.2, 0.25) is 0 Å². The highest BCUT2D eigenvalue weighted by atomic mass is 16.2. The number of hydrogen-bond acceptors (Lipinski definition) is 3. The number of nitrogens with zero attached hydrogens (tertiary/aromatic N) is 1. The van der Waals surface area contributed by atoms with Gasteiger partial charge in [0.05, 0.1) is 6.04 Å². The Kier molecular flexibility index (Phi) is 6.65. The zero-order valence-corrected chi connectivity index (χ0v) is 12.1. The summed E-state index contributed by atoms with van der Waals surface area (Å²) in [5.41, 5.74) is 5.78. The van der Waals surface area contributed by atoms with E-state index in [-0.39, 0.29) is 17.9 Å². The van der Waals surface area contributed by atoms with E-state index in [2.05, 4.69) is 17.1 Å². The molecule has 4 heteroatoms. The standard InChI is InChI=1S/C14H29N3O/c1-11(2)13(15)14(18)16-7-4-8-17-9-5-12(3)6-10-17/h11-13H,4-10,15H2,1-3H3,(H,16,18)/t13-/m0/s1. The van der Waals surface area contributed by atoms with E-state index in [1.165, 1.54) is 25.9 Å². The van der Waals surface area contributed by atoms with Crippen LogP contribution in [0.15, 0.2) is 0 Å². The van der Waals surface area contributed by atoms with Crippen molar-refractivity contribution in [1.29, 1.82) is 0 Å². The minimum atomic E-state index is -0.374. The summed E-state index contributed by atoms with van der Waals surface area (Å²) in [6.45, 7) is 10.5. The third-order valence-corrected chi connectivity index (χ3v) is 3.85. The van der Waals surface area contributed by atoms with Gasteiger partial charge in [-0.25, -0.2) is 0 Å². The molecule has 1 rings (SSSR count). The molecule has 106 valence electrons. The molecular formula is C14H29N3O. The zero-order valence-electron chi connectivity index (χ0n) is 12.1. The first-order valence-electron chi connectivity index (χ1n) is 7.26.